The van der Waals surface area contributed by atoms with E-state index in [1.54, 1.807) is 0 Å². The first-order valence-corrected chi connectivity index (χ1v) is 5.05. The largest absolute Gasteiger partial charge is 0.481 e. The number of furan rings is 1. The Morgan fingerprint density at radius 2 is 2.33 bits per heavy atom. The molecule has 0 saturated carbocycles. The molecule has 0 bridgehead atoms. The molecule has 0 aliphatic heterocycles. The van der Waals surface area contributed by atoms with Crippen molar-refractivity contribution in [2.24, 2.45) is 5.92 Å². The van der Waals surface area contributed by atoms with Gasteiger partial charge in [0.25, 0.3) is 5.91 Å². The van der Waals surface area contributed by atoms with Gasteiger partial charge < -0.3 is 14.8 Å². The minimum Gasteiger partial charge on any atom is -0.481 e. The van der Waals surface area contributed by atoms with Crippen molar-refractivity contribution in [3.8, 4) is 0 Å². The summed E-state index contributed by atoms with van der Waals surface area (Å²) in [7, 11) is 0. The molecule has 1 heterocycles. The van der Waals surface area contributed by atoms with Gasteiger partial charge in [-0.2, -0.15) is 0 Å². The second-order valence-electron chi connectivity index (χ2n) is 3.06. The maximum atomic E-state index is 11.5. The average molecular weight is 276 g/mol. The Labute approximate surface area is 94.6 Å². The quantitative estimate of drug-likeness (QED) is 0.873. The molecule has 1 amide bonds. The van der Waals surface area contributed by atoms with Crippen molar-refractivity contribution in [1.82, 2.24) is 5.32 Å². The van der Waals surface area contributed by atoms with Gasteiger partial charge in [-0.15, -0.1) is 0 Å². The third-order valence-electron chi connectivity index (χ3n) is 1.85. The van der Waals surface area contributed by atoms with Gasteiger partial charge >= 0.3 is 5.97 Å². The van der Waals surface area contributed by atoms with Crippen LogP contribution in [0, 0.1) is 5.92 Å². The topological polar surface area (TPSA) is 79.5 Å². The highest BCUT2D eigenvalue weighted by Crippen LogP contribution is 2.17. The minimum absolute atomic E-state index is 0.0891. The molecule has 0 aliphatic rings. The Kier molecular flexibility index (Phi) is 3.90. The fraction of sp³-hybridized carbons (Fsp3) is 0.333. The molecule has 2 N–H and O–H groups in total. The lowest BCUT2D eigenvalue weighted by Crippen LogP contribution is -2.31. The number of rotatable bonds is 4. The Morgan fingerprint density at radius 3 is 2.80 bits per heavy atom. The molecular weight excluding hydrogens is 266 g/mol. The van der Waals surface area contributed by atoms with Crippen molar-refractivity contribution < 1.29 is 19.1 Å². The normalized spacial score (nSPS) is 12.1. The minimum atomic E-state index is -0.943. The van der Waals surface area contributed by atoms with Crippen LogP contribution in [0.25, 0.3) is 0 Å². The highest BCUT2D eigenvalue weighted by Gasteiger charge is 2.15. The monoisotopic (exact) mass is 275 g/mol. The summed E-state index contributed by atoms with van der Waals surface area (Å²) in [5, 5.41) is 11.1. The van der Waals surface area contributed by atoms with Gasteiger partial charge in [0.15, 0.2) is 4.67 Å². The first-order chi connectivity index (χ1) is 7.02. The molecule has 0 radical (unpaired) electrons. The van der Waals surface area contributed by atoms with Crippen LogP contribution in [0.5, 0.6) is 0 Å². The molecule has 15 heavy (non-hydrogen) atoms. The highest BCUT2D eigenvalue weighted by atomic mass is 79.9. The number of carbonyl (C=O) groups excluding carboxylic acids is 1. The molecule has 1 unspecified atom stereocenters. The molecule has 0 saturated heterocycles. The number of halogens is 1. The molecule has 6 heteroatoms. The van der Waals surface area contributed by atoms with Gasteiger partial charge in [0, 0.05) is 6.54 Å². The second kappa shape index (κ2) is 4.97. The van der Waals surface area contributed by atoms with Crippen LogP contribution in [0.4, 0.5) is 0 Å². The predicted molar refractivity (Wildman–Crippen MR) is 55.5 cm³/mol. The van der Waals surface area contributed by atoms with E-state index in [0.717, 1.165) is 0 Å². The van der Waals surface area contributed by atoms with Crippen LogP contribution in [0.2, 0.25) is 0 Å². The fourth-order valence-electron chi connectivity index (χ4n) is 0.884. The number of amides is 1. The summed E-state index contributed by atoms with van der Waals surface area (Å²) in [5.41, 5.74) is 0.354. The molecule has 1 aromatic rings. The lowest BCUT2D eigenvalue weighted by Gasteiger charge is -2.07. The summed E-state index contributed by atoms with van der Waals surface area (Å²) in [6.45, 7) is 1.61. The summed E-state index contributed by atoms with van der Waals surface area (Å²) >= 11 is 3.06. The van der Waals surface area contributed by atoms with Gasteiger partial charge in [-0.05, 0) is 22.0 Å². The molecule has 0 aliphatic carbocycles. The van der Waals surface area contributed by atoms with Crippen LogP contribution in [0.15, 0.2) is 21.4 Å². The van der Waals surface area contributed by atoms with E-state index in [1.807, 2.05) is 0 Å². The molecule has 0 fully saturated rings. The number of carboxylic acid groups (broad SMARTS) is 1. The number of carbonyl (C=O) groups is 2. The lowest BCUT2D eigenvalue weighted by molar-refractivity contribution is -0.140. The molecule has 0 aromatic carbocycles. The van der Waals surface area contributed by atoms with Gasteiger partial charge in [0.1, 0.15) is 0 Å². The Bertz CT molecular complexity index is 374. The third-order valence-corrected chi connectivity index (χ3v) is 2.47. The standard InChI is InChI=1S/C9H10BrNO4/c1-5(9(13)14)4-11-8(12)6-2-3-15-7(6)10/h2-3,5H,4H2,1H3,(H,11,12)(H,13,14). The van der Waals surface area contributed by atoms with Crippen molar-refractivity contribution in [1.29, 1.82) is 0 Å². The van der Waals surface area contributed by atoms with Crippen LogP contribution in [-0.4, -0.2) is 23.5 Å². The zero-order valence-corrected chi connectivity index (χ0v) is 9.58. The van der Waals surface area contributed by atoms with Crippen molar-refractivity contribution >= 4 is 27.8 Å². The fourth-order valence-corrected chi connectivity index (χ4v) is 1.30. The van der Waals surface area contributed by atoms with Gasteiger partial charge in [-0.1, -0.05) is 6.92 Å². The van der Waals surface area contributed by atoms with E-state index in [9.17, 15) is 9.59 Å². The second-order valence-corrected chi connectivity index (χ2v) is 3.78. The predicted octanol–water partition coefficient (Wildman–Crippen LogP) is 1.49. The van der Waals surface area contributed by atoms with Gasteiger partial charge in [-0.3, -0.25) is 9.59 Å². The summed E-state index contributed by atoms with van der Waals surface area (Å²) in [5.74, 6) is -1.91. The number of aliphatic carboxylic acids is 1. The Hall–Kier alpha value is -1.30. The highest BCUT2D eigenvalue weighted by molar-refractivity contribution is 9.10. The van der Waals surface area contributed by atoms with Crippen LogP contribution in [-0.2, 0) is 4.79 Å². The molecule has 0 spiro atoms. The van der Waals surface area contributed by atoms with Crippen molar-refractivity contribution in [2.75, 3.05) is 6.54 Å². The van der Waals surface area contributed by atoms with Gasteiger partial charge in [-0.25, -0.2) is 0 Å². The maximum absolute atomic E-state index is 11.5. The van der Waals surface area contributed by atoms with Crippen molar-refractivity contribution in [3.05, 3.63) is 22.6 Å². The summed E-state index contributed by atoms with van der Waals surface area (Å²) in [6.07, 6.45) is 1.37. The van der Waals surface area contributed by atoms with Gasteiger partial charge in [0.05, 0.1) is 17.7 Å². The van der Waals surface area contributed by atoms with E-state index in [-0.39, 0.29) is 12.5 Å². The van der Waals surface area contributed by atoms with E-state index in [0.29, 0.717) is 10.2 Å². The number of hydrogen-bond donors (Lipinski definition) is 2. The Balaban J connectivity index is 2.51. The van der Waals surface area contributed by atoms with Crippen LogP contribution < -0.4 is 5.32 Å². The molecule has 5 nitrogen and oxygen atoms in total. The van der Waals surface area contributed by atoms with Crippen LogP contribution in [0.1, 0.15) is 17.3 Å². The third kappa shape index (κ3) is 3.09. The Morgan fingerprint density at radius 1 is 1.67 bits per heavy atom. The van der Waals surface area contributed by atoms with E-state index in [1.165, 1.54) is 19.3 Å². The number of nitrogens with one attached hydrogen (secondary N) is 1. The zero-order chi connectivity index (χ0) is 11.4. The maximum Gasteiger partial charge on any atom is 0.308 e. The molecule has 1 atom stereocenters. The molecule has 82 valence electrons. The summed E-state index contributed by atoms with van der Waals surface area (Å²) < 4.78 is 5.22. The van der Waals surface area contributed by atoms with E-state index in [2.05, 4.69) is 21.2 Å². The zero-order valence-electron chi connectivity index (χ0n) is 7.99. The molecular formula is C9H10BrNO4. The summed E-state index contributed by atoms with van der Waals surface area (Å²) in [6, 6.07) is 1.50. The summed E-state index contributed by atoms with van der Waals surface area (Å²) in [4.78, 5) is 21.9. The van der Waals surface area contributed by atoms with E-state index in [4.69, 9.17) is 9.52 Å². The van der Waals surface area contributed by atoms with E-state index < -0.39 is 11.9 Å². The van der Waals surface area contributed by atoms with Crippen molar-refractivity contribution in [3.63, 3.8) is 0 Å². The smallest absolute Gasteiger partial charge is 0.308 e. The van der Waals surface area contributed by atoms with Crippen LogP contribution in [0.3, 0.4) is 0 Å². The first kappa shape index (κ1) is 11.8. The molecule has 1 aromatic heterocycles. The first-order valence-electron chi connectivity index (χ1n) is 4.26. The SMILES string of the molecule is CC(CNC(=O)c1ccoc1Br)C(=O)O. The van der Waals surface area contributed by atoms with E-state index >= 15 is 0 Å². The average Bonchev–Trinajstić information content (AvgIpc) is 2.60. The van der Waals surface area contributed by atoms with Gasteiger partial charge in [0.2, 0.25) is 0 Å². The molecule has 1 rings (SSSR count). The van der Waals surface area contributed by atoms with Crippen LogP contribution >= 0.6 is 15.9 Å². The number of carboxylic acids is 1. The lowest BCUT2D eigenvalue weighted by atomic mass is 10.2. The van der Waals surface area contributed by atoms with Crippen molar-refractivity contribution in [2.45, 2.75) is 6.92 Å². The number of hydrogen-bond acceptors (Lipinski definition) is 3.